The summed E-state index contributed by atoms with van der Waals surface area (Å²) in [7, 11) is 0. The zero-order chi connectivity index (χ0) is 32.0. The monoisotopic (exact) mass is 611 g/mol. The average molecular weight is 612 g/mol. The van der Waals surface area contributed by atoms with Crippen LogP contribution in [0.1, 0.15) is 33.4 Å². The molecule has 0 fully saturated rings. The van der Waals surface area contributed by atoms with E-state index in [0.717, 1.165) is 11.4 Å². The minimum Gasteiger partial charge on any atom is -0.310 e. The fourth-order valence-electron chi connectivity index (χ4n) is 8.85. The lowest BCUT2D eigenvalue weighted by Crippen LogP contribution is -2.26. The van der Waals surface area contributed by atoms with Crippen LogP contribution in [0.25, 0.3) is 43.8 Å². The van der Waals surface area contributed by atoms with Crippen molar-refractivity contribution in [2.24, 2.45) is 0 Å². The second-order valence-electron chi connectivity index (χ2n) is 13.4. The van der Waals surface area contributed by atoms with Gasteiger partial charge in [-0.15, -0.1) is 0 Å². The molecule has 0 aliphatic heterocycles. The number of hydrogen-bond acceptors (Lipinski definition) is 1. The molecule has 2 aliphatic carbocycles. The maximum absolute atomic E-state index is 2.51. The number of para-hydroxylation sites is 1. The molecule has 0 amide bonds. The van der Waals surface area contributed by atoms with E-state index in [4.69, 9.17) is 0 Å². The third kappa shape index (κ3) is 3.62. The third-order valence-corrected chi connectivity index (χ3v) is 10.8. The van der Waals surface area contributed by atoms with E-state index in [9.17, 15) is 0 Å². The number of nitrogens with zero attached hydrogens (tertiary/aromatic N) is 1. The van der Waals surface area contributed by atoms with Gasteiger partial charge in [-0.05, 0) is 128 Å². The van der Waals surface area contributed by atoms with Crippen LogP contribution in [0.2, 0.25) is 0 Å². The molecule has 0 heterocycles. The SMILES string of the molecule is Cc1ccc(N(c2ccccc2)c2ccc3cc4c(cc3c2)C2(c3ccccc3-c3ccccc32)c2c-4ccc3ccccc23)c(C)c1. The zero-order valence-corrected chi connectivity index (χ0v) is 27.0. The van der Waals surface area contributed by atoms with Gasteiger partial charge in [-0.25, -0.2) is 0 Å². The highest BCUT2D eigenvalue weighted by Gasteiger charge is 2.52. The maximum Gasteiger partial charge on any atom is 0.0731 e. The largest absolute Gasteiger partial charge is 0.310 e. The summed E-state index contributed by atoms with van der Waals surface area (Å²) < 4.78 is 0. The molecule has 0 atom stereocenters. The molecule has 2 aliphatic rings. The van der Waals surface area contributed by atoms with Crippen LogP contribution in [-0.2, 0) is 5.41 Å². The number of benzene rings is 8. The van der Waals surface area contributed by atoms with Crippen molar-refractivity contribution in [3.8, 4) is 22.3 Å². The second kappa shape index (κ2) is 10.0. The Labute approximate surface area is 281 Å². The molecule has 0 aromatic heterocycles. The van der Waals surface area contributed by atoms with Gasteiger partial charge in [-0.2, -0.15) is 0 Å². The molecule has 8 aromatic rings. The van der Waals surface area contributed by atoms with E-state index in [0.29, 0.717) is 0 Å². The van der Waals surface area contributed by atoms with Crippen molar-refractivity contribution in [3.63, 3.8) is 0 Å². The van der Waals surface area contributed by atoms with Gasteiger partial charge >= 0.3 is 0 Å². The summed E-state index contributed by atoms with van der Waals surface area (Å²) in [5, 5.41) is 5.11. The van der Waals surface area contributed by atoms with Crippen molar-refractivity contribution < 1.29 is 0 Å². The maximum atomic E-state index is 2.51. The predicted octanol–water partition coefficient (Wildman–Crippen LogP) is 12.4. The quantitative estimate of drug-likeness (QED) is 0.192. The molecule has 0 saturated heterocycles. The van der Waals surface area contributed by atoms with Crippen LogP contribution < -0.4 is 4.90 Å². The second-order valence-corrected chi connectivity index (χ2v) is 13.4. The number of anilines is 3. The number of aryl methyl sites for hydroxylation is 2. The molecule has 226 valence electrons. The summed E-state index contributed by atoms with van der Waals surface area (Å²) in [5.74, 6) is 0. The number of hydrogen-bond donors (Lipinski definition) is 0. The molecule has 1 heteroatoms. The molecule has 0 radical (unpaired) electrons. The summed E-state index contributed by atoms with van der Waals surface area (Å²) in [6.45, 7) is 4.38. The Morgan fingerprint density at radius 3 is 1.88 bits per heavy atom. The lowest BCUT2D eigenvalue weighted by Gasteiger charge is -2.31. The molecule has 48 heavy (non-hydrogen) atoms. The third-order valence-electron chi connectivity index (χ3n) is 10.8. The van der Waals surface area contributed by atoms with E-state index >= 15 is 0 Å². The molecule has 8 aromatic carbocycles. The summed E-state index contributed by atoms with van der Waals surface area (Å²) in [5.41, 5.74) is 16.5. The minimum atomic E-state index is -0.407. The van der Waals surface area contributed by atoms with Crippen LogP contribution in [-0.4, -0.2) is 0 Å². The van der Waals surface area contributed by atoms with Crippen molar-refractivity contribution in [2.45, 2.75) is 19.3 Å². The van der Waals surface area contributed by atoms with E-state index in [1.54, 1.807) is 0 Å². The molecule has 0 unspecified atom stereocenters. The van der Waals surface area contributed by atoms with Crippen LogP contribution in [0.3, 0.4) is 0 Å². The summed E-state index contributed by atoms with van der Waals surface area (Å²) in [4.78, 5) is 2.40. The first-order valence-electron chi connectivity index (χ1n) is 16.9. The van der Waals surface area contributed by atoms with Crippen LogP contribution in [0.15, 0.2) is 164 Å². The van der Waals surface area contributed by atoms with Crippen LogP contribution >= 0.6 is 0 Å². The van der Waals surface area contributed by atoms with Gasteiger partial charge in [0.2, 0.25) is 0 Å². The molecule has 1 nitrogen and oxygen atoms in total. The first kappa shape index (κ1) is 27.2. The summed E-state index contributed by atoms with van der Waals surface area (Å²) in [6, 6.07) is 61.2. The lowest BCUT2D eigenvalue weighted by molar-refractivity contribution is 0.802. The normalized spacial score (nSPS) is 13.4. The fourth-order valence-corrected chi connectivity index (χ4v) is 8.85. The van der Waals surface area contributed by atoms with Gasteiger partial charge in [-0.1, -0.05) is 127 Å². The average Bonchev–Trinajstić information content (AvgIpc) is 3.59. The van der Waals surface area contributed by atoms with Gasteiger partial charge in [0.25, 0.3) is 0 Å². The van der Waals surface area contributed by atoms with Gasteiger partial charge in [0, 0.05) is 17.1 Å². The smallest absolute Gasteiger partial charge is 0.0731 e. The molecule has 0 N–H and O–H groups in total. The van der Waals surface area contributed by atoms with E-state index < -0.39 is 5.41 Å². The number of fused-ring (bicyclic) bond motifs is 13. The zero-order valence-electron chi connectivity index (χ0n) is 27.0. The number of rotatable bonds is 3. The molecular formula is C47H33N. The topological polar surface area (TPSA) is 3.24 Å². The Morgan fingerprint density at radius 1 is 0.417 bits per heavy atom. The predicted molar refractivity (Wildman–Crippen MR) is 202 cm³/mol. The molecule has 10 rings (SSSR count). The van der Waals surface area contributed by atoms with Gasteiger partial charge in [0.1, 0.15) is 0 Å². The van der Waals surface area contributed by atoms with E-state index in [2.05, 4.69) is 183 Å². The van der Waals surface area contributed by atoms with Gasteiger partial charge in [0.05, 0.1) is 5.41 Å². The Balaban J connectivity index is 1.29. The van der Waals surface area contributed by atoms with E-state index in [-0.39, 0.29) is 0 Å². The standard InChI is InChI=1S/C47H33N/c1-30-20-25-45(31(2)26-30)48(35-13-4-3-5-14-35)36-23-21-33-28-41-40-24-22-32-12-6-7-15-37(32)46(40)47(44(41)29-34(33)27-36)42-18-10-8-16-38(42)39-17-9-11-19-43(39)47/h3-29H,1-2H3. The first-order chi connectivity index (χ1) is 23.6. The Bertz CT molecular complexity index is 2550. The molecule has 0 saturated carbocycles. The Hall–Kier alpha value is -5.92. The van der Waals surface area contributed by atoms with Gasteiger partial charge in [-0.3, -0.25) is 0 Å². The van der Waals surface area contributed by atoms with Crippen LogP contribution in [0, 0.1) is 13.8 Å². The van der Waals surface area contributed by atoms with Gasteiger partial charge < -0.3 is 4.90 Å². The highest BCUT2D eigenvalue weighted by Crippen LogP contribution is 2.64. The van der Waals surface area contributed by atoms with Crippen LogP contribution in [0.5, 0.6) is 0 Å². The molecular weight excluding hydrogens is 579 g/mol. The van der Waals surface area contributed by atoms with Crippen LogP contribution in [0.4, 0.5) is 17.1 Å². The Morgan fingerprint density at radius 2 is 1.10 bits per heavy atom. The summed E-state index contributed by atoms with van der Waals surface area (Å²) >= 11 is 0. The van der Waals surface area contributed by atoms with Crippen molar-refractivity contribution in [1.82, 2.24) is 0 Å². The van der Waals surface area contributed by atoms with Crippen molar-refractivity contribution in [3.05, 3.63) is 197 Å². The Kier molecular flexibility index (Phi) is 5.69. The van der Waals surface area contributed by atoms with E-state index in [1.165, 1.54) is 82.9 Å². The summed E-state index contributed by atoms with van der Waals surface area (Å²) in [6.07, 6.45) is 0. The fraction of sp³-hybridized carbons (Fsp3) is 0.0638. The molecule has 0 bridgehead atoms. The minimum absolute atomic E-state index is 0.407. The first-order valence-corrected chi connectivity index (χ1v) is 16.9. The lowest BCUT2D eigenvalue weighted by atomic mass is 9.69. The van der Waals surface area contributed by atoms with Crippen molar-refractivity contribution in [2.75, 3.05) is 4.90 Å². The van der Waals surface area contributed by atoms with E-state index in [1.807, 2.05) is 0 Å². The highest BCUT2D eigenvalue weighted by molar-refractivity contribution is 6.06. The van der Waals surface area contributed by atoms with Crippen molar-refractivity contribution >= 4 is 38.6 Å². The van der Waals surface area contributed by atoms with Crippen molar-refractivity contribution in [1.29, 1.82) is 0 Å². The molecule has 1 spiro atoms. The highest BCUT2D eigenvalue weighted by atomic mass is 15.1. The van der Waals surface area contributed by atoms with Gasteiger partial charge in [0.15, 0.2) is 0 Å².